The van der Waals surface area contributed by atoms with Crippen molar-refractivity contribution in [2.45, 2.75) is 51.4 Å². The molecular formula is C18H28NOP. The highest BCUT2D eigenvalue weighted by atomic mass is 31.1. The fourth-order valence-electron chi connectivity index (χ4n) is 2.74. The van der Waals surface area contributed by atoms with Crippen molar-refractivity contribution in [2.75, 3.05) is 13.3 Å². The predicted molar refractivity (Wildman–Crippen MR) is 91.7 cm³/mol. The van der Waals surface area contributed by atoms with E-state index in [1.54, 1.807) is 13.3 Å². The van der Waals surface area contributed by atoms with Crippen LogP contribution < -0.4 is 0 Å². The maximum Gasteiger partial charge on any atom is 0.0700 e. The molecule has 1 atom stereocenters. The molecule has 2 nitrogen and oxygen atoms in total. The van der Waals surface area contributed by atoms with Crippen LogP contribution in [0, 0.1) is 17.2 Å². The van der Waals surface area contributed by atoms with E-state index in [1.807, 2.05) is 6.92 Å². The molecule has 0 radical (unpaired) electrons. The first-order valence-corrected chi connectivity index (χ1v) is 10.1. The molecule has 1 saturated carbocycles. The van der Waals surface area contributed by atoms with Gasteiger partial charge in [-0.3, -0.25) is 0 Å². The van der Waals surface area contributed by atoms with E-state index in [-0.39, 0.29) is 5.92 Å². The van der Waals surface area contributed by atoms with Gasteiger partial charge < -0.3 is 4.89 Å². The number of hydrogen-bond acceptors (Lipinski definition) is 2. The second-order valence-electron chi connectivity index (χ2n) is 6.15. The molecule has 0 aromatic heterocycles. The van der Waals surface area contributed by atoms with Gasteiger partial charge in [-0.1, -0.05) is 56.4 Å². The van der Waals surface area contributed by atoms with Crippen LogP contribution in [0.5, 0.6) is 0 Å². The third kappa shape index (κ3) is 7.60. The Morgan fingerprint density at radius 3 is 2.19 bits per heavy atom. The van der Waals surface area contributed by atoms with Gasteiger partial charge in [0.05, 0.1) is 12.0 Å². The standard InChI is InChI=1S/C16H21N.C2H7OP/c1-13(12-17)16-9-7-15(8-10-16)11-14-5-3-2-4-6-14;1-4(2)3/h7-10,13-14H,2-6,11H2,1H3;3H,1-2H3. The van der Waals surface area contributed by atoms with E-state index in [1.165, 1.54) is 44.1 Å². The van der Waals surface area contributed by atoms with E-state index in [0.29, 0.717) is 0 Å². The van der Waals surface area contributed by atoms with Crippen molar-refractivity contribution in [3.63, 3.8) is 0 Å². The van der Waals surface area contributed by atoms with Crippen LogP contribution in [0.3, 0.4) is 0 Å². The highest BCUT2D eigenvalue weighted by Gasteiger charge is 2.13. The molecule has 1 fully saturated rings. The van der Waals surface area contributed by atoms with Gasteiger partial charge in [0.1, 0.15) is 0 Å². The molecule has 0 bridgehead atoms. The van der Waals surface area contributed by atoms with Gasteiger partial charge in [0.15, 0.2) is 0 Å². The Labute approximate surface area is 131 Å². The molecule has 1 aromatic carbocycles. The lowest BCUT2D eigenvalue weighted by Gasteiger charge is -2.21. The van der Waals surface area contributed by atoms with Crippen LogP contribution in [0.25, 0.3) is 0 Å². The van der Waals surface area contributed by atoms with Gasteiger partial charge in [-0.2, -0.15) is 5.26 Å². The Bertz CT molecular complexity index is 427. The van der Waals surface area contributed by atoms with Crippen molar-refractivity contribution in [1.82, 2.24) is 0 Å². The van der Waals surface area contributed by atoms with Crippen LogP contribution in [0.1, 0.15) is 56.1 Å². The Kier molecular flexibility index (Phi) is 8.58. The van der Waals surface area contributed by atoms with Gasteiger partial charge in [-0.05, 0) is 43.7 Å². The average Bonchev–Trinajstić information content (AvgIpc) is 2.48. The topological polar surface area (TPSA) is 44.0 Å². The summed E-state index contributed by atoms with van der Waals surface area (Å²) in [5, 5.41) is 8.87. The molecule has 1 aliphatic carbocycles. The third-order valence-corrected chi connectivity index (χ3v) is 3.92. The van der Waals surface area contributed by atoms with Crippen LogP contribution in [0.4, 0.5) is 0 Å². The van der Waals surface area contributed by atoms with Crippen LogP contribution in [0.2, 0.25) is 0 Å². The summed E-state index contributed by atoms with van der Waals surface area (Å²) < 4.78 is 0. The molecule has 1 aliphatic rings. The molecule has 2 rings (SSSR count). The van der Waals surface area contributed by atoms with Crippen molar-refractivity contribution >= 4 is 8.15 Å². The monoisotopic (exact) mass is 305 g/mol. The normalized spacial score (nSPS) is 16.8. The summed E-state index contributed by atoms with van der Waals surface area (Å²) in [6.45, 7) is 5.53. The van der Waals surface area contributed by atoms with Gasteiger partial charge in [0.2, 0.25) is 0 Å². The number of nitriles is 1. The largest absolute Gasteiger partial charge is 0.374 e. The molecule has 0 spiro atoms. The summed E-state index contributed by atoms with van der Waals surface area (Å²) in [6, 6.07) is 10.9. The summed E-state index contributed by atoms with van der Waals surface area (Å²) in [6.07, 6.45) is 8.27. The fourth-order valence-corrected chi connectivity index (χ4v) is 2.74. The Hall–Kier alpha value is -0.900. The van der Waals surface area contributed by atoms with Crippen molar-refractivity contribution in [3.05, 3.63) is 35.4 Å². The minimum Gasteiger partial charge on any atom is -0.374 e. The SMILES string of the molecule is CC(C#N)c1ccc(CC2CCCCC2)cc1.CP(C)O. The van der Waals surface area contributed by atoms with Gasteiger partial charge >= 0.3 is 0 Å². The summed E-state index contributed by atoms with van der Waals surface area (Å²) in [5.41, 5.74) is 2.57. The number of rotatable bonds is 3. The van der Waals surface area contributed by atoms with Gasteiger partial charge in [0, 0.05) is 8.15 Å². The number of hydrogen-bond donors (Lipinski definition) is 1. The molecule has 1 N–H and O–H groups in total. The molecule has 0 aliphatic heterocycles. The molecule has 0 heterocycles. The van der Waals surface area contributed by atoms with Crippen molar-refractivity contribution < 1.29 is 4.89 Å². The fraction of sp³-hybridized carbons (Fsp3) is 0.611. The van der Waals surface area contributed by atoms with E-state index in [9.17, 15) is 0 Å². The summed E-state index contributed by atoms with van der Waals surface area (Å²) in [7, 11) is -0.620. The molecular weight excluding hydrogens is 277 g/mol. The zero-order chi connectivity index (χ0) is 15.7. The molecule has 116 valence electrons. The maximum absolute atomic E-state index is 8.87. The first-order valence-electron chi connectivity index (χ1n) is 7.87. The Morgan fingerprint density at radius 2 is 1.71 bits per heavy atom. The van der Waals surface area contributed by atoms with E-state index in [2.05, 4.69) is 30.3 Å². The van der Waals surface area contributed by atoms with E-state index in [4.69, 9.17) is 10.2 Å². The first-order chi connectivity index (χ1) is 10.0. The van der Waals surface area contributed by atoms with Crippen LogP contribution in [-0.2, 0) is 6.42 Å². The highest BCUT2D eigenvalue weighted by molar-refractivity contribution is 7.49. The molecule has 0 amide bonds. The van der Waals surface area contributed by atoms with Gasteiger partial charge in [-0.25, -0.2) is 0 Å². The van der Waals surface area contributed by atoms with E-state index < -0.39 is 8.15 Å². The molecule has 1 unspecified atom stereocenters. The first kappa shape index (κ1) is 18.1. The predicted octanol–water partition coefficient (Wildman–Crippen LogP) is 5.07. The minimum atomic E-state index is -0.620. The van der Waals surface area contributed by atoms with Crippen molar-refractivity contribution in [3.8, 4) is 6.07 Å². The quantitative estimate of drug-likeness (QED) is 0.792. The molecule has 0 saturated heterocycles. The van der Waals surface area contributed by atoms with Crippen molar-refractivity contribution in [1.29, 1.82) is 5.26 Å². The smallest absolute Gasteiger partial charge is 0.0700 e. The van der Waals surface area contributed by atoms with Crippen molar-refractivity contribution in [2.24, 2.45) is 5.92 Å². The third-order valence-electron chi connectivity index (χ3n) is 3.92. The van der Waals surface area contributed by atoms with E-state index >= 15 is 0 Å². The number of benzene rings is 1. The maximum atomic E-state index is 8.87. The Morgan fingerprint density at radius 1 is 1.19 bits per heavy atom. The Balaban J connectivity index is 0.000000491. The van der Waals surface area contributed by atoms with Crippen LogP contribution in [0.15, 0.2) is 24.3 Å². The minimum absolute atomic E-state index is 0.0127. The number of nitrogens with zero attached hydrogens (tertiary/aromatic N) is 1. The summed E-state index contributed by atoms with van der Waals surface area (Å²) in [5.74, 6) is 0.904. The van der Waals surface area contributed by atoms with Crippen LogP contribution >= 0.6 is 8.15 Å². The van der Waals surface area contributed by atoms with E-state index in [0.717, 1.165) is 11.5 Å². The lowest BCUT2D eigenvalue weighted by atomic mass is 9.84. The zero-order valence-electron chi connectivity index (χ0n) is 13.5. The summed E-state index contributed by atoms with van der Waals surface area (Å²) in [4.78, 5) is 8.12. The lowest BCUT2D eigenvalue weighted by Crippen LogP contribution is -2.09. The molecule has 1 aromatic rings. The van der Waals surface area contributed by atoms with Gasteiger partial charge in [0.25, 0.3) is 0 Å². The second kappa shape index (κ2) is 9.93. The van der Waals surface area contributed by atoms with Crippen LogP contribution in [-0.4, -0.2) is 18.2 Å². The second-order valence-corrected chi connectivity index (χ2v) is 7.84. The zero-order valence-corrected chi connectivity index (χ0v) is 14.4. The lowest BCUT2D eigenvalue weighted by molar-refractivity contribution is 0.356. The average molecular weight is 305 g/mol. The highest BCUT2D eigenvalue weighted by Crippen LogP contribution is 2.27. The molecule has 21 heavy (non-hydrogen) atoms. The van der Waals surface area contributed by atoms with Gasteiger partial charge in [-0.15, -0.1) is 0 Å². The molecule has 3 heteroatoms. The summed E-state index contributed by atoms with van der Waals surface area (Å²) >= 11 is 0.